The van der Waals surface area contributed by atoms with Crippen LogP contribution in [0.5, 0.6) is 0 Å². The van der Waals surface area contributed by atoms with E-state index in [0.29, 0.717) is 6.42 Å². The second-order valence-electron chi connectivity index (χ2n) is 9.92. The number of anilines is 1. The van der Waals surface area contributed by atoms with E-state index in [1.54, 1.807) is 11.0 Å². The molecule has 3 rings (SSSR count). The largest absolute Gasteiger partial charge is 0.352 e. The highest BCUT2D eigenvalue weighted by atomic mass is 32.2. The Balaban J connectivity index is 1.87. The maximum absolute atomic E-state index is 14.4. The second kappa shape index (κ2) is 14.6. The van der Waals surface area contributed by atoms with Gasteiger partial charge in [-0.15, -0.1) is 0 Å². The summed E-state index contributed by atoms with van der Waals surface area (Å²) in [6.45, 7) is 4.04. The molecule has 0 fully saturated rings. The molecule has 0 aliphatic rings. The lowest BCUT2D eigenvalue weighted by molar-refractivity contribution is -0.141. The van der Waals surface area contributed by atoms with Gasteiger partial charge in [0.15, 0.2) is 0 Å². The summed E-state index contributed by atoms with van der Waals surface area (Å²) >= 11 is 0. The Bertz CT molecular complexity index is 1350. The number of nitrogens with one attached hydrogen (secondary N) is 1. The minimum absolute atomic E-state index is 0.0186. The minimum Gasteiger partial charge on any atom is -0.352 e. The number of rotatable bonds is 14. The number of para-hydroxylation sites is 1. The fourth-order valence-corrected chi connectivity index (χ4v) is 5.38. The Morgan fingerprint density at radius 3 is 2.05 bits per heavy atom. The van der Waals surface area contributed by atoms with Crippen LogP contribution in [-0.4, -0.2) is 50.0 Å². The van der Waals surface area contributed by atoms with E-state index in [2.05, 4.69) is 5.32 Å². The van der Waals surface area contributed by atoms with Crippen LogP contribution in [0.25, 0.3) is 0 Å². The fraction of sp³-hybridized carbons (Fsp3) is 0.355. The van der Waals surface area contributed by atoms with E-state index in [-0.39, 0.29) is 49.5 Å². The Kier molecular flexibility index (Phi) is 11.3. The van der Waals surface area contributed by atoms with Crippen LogP contribution in [0.2, 0.25) is 0 Å². The zero-order chi connectivity index (χ0) is 29.1. The third-order valence-corrected chi connectivity index (χ3v) is 7.92. The number of halogens is 1. The summed E-state index contributed by atoms with van der Waals surface area (Å²) in [5.41, 5.74) is 1.73. The molecule has 0 aromatic heterocycles. The summed E-state index contributed by atoms with van der Waals surface area (Å²) in [6.07, 6.45) is 2.21. The van der Waals surface area contributed by atoms with Gasteiger partial charge in [0.1, 0.15) is 11.9 Å². The van der Waals surface area contributed by atoms with Crippen molar-refractivity contribution in [3.05, 3.63) is 102 Å². The van der Waals surface area contributed by atoms with Crippen molar-refractivity contribution < 1.29 is 22.4 Å². The molecule has 40 heavy (non-hydrogen) atoms. The van der Waals surface area contributed by atoms with Crippen molar-refractivity contribution in [2.24, 2.45) is 0 Å². The SMILES string of the molecule is CC[C@@H](C)NC(=O)[C@H](Cc1ccccc1)N(Cc1ccccc1)C(=O)CCCN(c1ccccc1F)S(C)(=O)=O. The highest BCUT2D eigenvalue weighted by Gasteiger charge is 2.31. The molecule has 0 radical (unpaired) electrons. The normalized spacial score (nSPS) is 12.8. The molecule has 2 atom stereocenters. The van der Waals surface area contributed by atoms with Crippen molar-refractivity contribution in [1.82, 2.24) is 10.2 Å². The second-order valence-corrected chi connectivity index (χ2v) is 11.8. The van der Waals surface area contributed by atoms with E-state index >= 15 is 0 Å². The molecule has 0 spiro atoms. The van der Waals surface area contributed by atoms with Crippen molar-refractivity contribution >= 4 is 27.5 Å². The average molecular weight is 568 g/mol. The highest BCUT2D eigenvalue weighted by molar-refractivity contribution is 7.92. The lowest BCUT2D eigenvalue weighted by Crippen LogP contribution is -2.52. The molecule has 3 aromatic rings. The Hall–Kier alpha value is -3.72. The van der Waals surface area contributed by atoms with Gasteiger partial charge in [0, 0.05) is 32.0 Å². The molecular formula is C31H38FN3O4S. The number of amides is 2. The van der Waals surface area contributed by atoms with Gasteiger partial charge in [-0.1, -0.05) is 79.7 Å². The van der Waals surface area contributed by atoms with E-state index in [1.165, 1.54) is 18.2 Å². The number of hydrogen-bond acceptors (Lipinski definition) is 4. The van der Waals surface area contributed by atoms with Crippen molar-refractivity contribution in [1.29, 1.82) is 0 Å². The van der Waals surface area contributed by atoms with Gasteiger partial charge in [-0.2, -0.15) is 0 Å². The maximum atomic E-state index is 14.4. The topological polar surface area (TPSA) is 86.8 Å². The van der Waals surface area contributed by atoms with Gasteiger partial charge in [-0.05, 0) is 43.0 Å². The summed E-state index contributed by atoms with van der Waals surface area (Å²) in [6, 6.07) is 23.8. The molecule has 0 unspecified atom stereocenters. The molecule has 9 heteroatoms. The number of nitrogens with zero attached hydrogens (tertiary/aromatic N) is 2. The Morgan fingerprint density at radius 2 is 1.48 bits per heavy atom. The van der Waals surface area contributed by atoms with Crippen molar-refractivity contribution in [2.75, 3.05) is 17.1 Å². The van der Waals surface area contributed by atoms with Gasteiger partial charge in [0.05, 0.1) is 11.9 Å². The molecule has 7 nitrogen and oxygen atoms in total. The molecular weight excluding hydrogens is 529 g/mol. The molecule has 214 valence electrons. The summed E-state index contributed by atoms with van der Waals surface area (Å²) in [4.78, 5) is 28.9. The first kappa shape index (κ1) is 30.8. The predicted molar refractivity (Wildman–Crippen MR) is 157 cm³/mol. The Labute approximate surface area is 237 Å². The molecule has 0 saturated heterocycles. The molecule has 0 saturated carbocycles. The minimum atomic E-state index is -3.79. The zero-order valence-electron chi connectivity index (χ0n) is 23.3. The molecule has 3 aromatic carbocycles. The van der Waals surface area contributed by atoms with Crippen LogP contribution in [0.3, 0.4) is 0 Å². The van der Waals surface area contributed by atoms with Gasteiger partial charge in [0.2, 0.25) is 21.8 Å². The first-order valence-corrected chi connectivity index (χ1v) is 15.3. The maximum Gasteiger partial charge on any atom is 0.243 e. The molecule has 0 bridgehead atoms. The van der Waals surface area contributed by atoms with E-state index in [1.807, 2.05) is 74.5 Å². The van der Waals surface area contributed by atoms with Crippen LogP contribution >= 0.6 is 0 Å². The standard InChI is InChI=1S/C31H38FN3O4S/c1-4-24(2)33-31(37)29(22-25-14-7-5-8-15-25)34(23-26-16-9-6-10-17-26)30(36)20-13-21-35(40(3,38)39)28-19-12-11-18-27(28)32/h5-12,14-19,24,29H,4,13,20-23H2,1-3H3,(H,33,37)/t24-,29+/m1/s1. The van der Waals surface area contributed by atoms with Crippen LogP contribution < -0.4 is 9.62 Å². The Morgan fingerprint density at radius 1 is 0.900 bits per heavy atom. The smallest absolute Gasteiger partial charge is 0.243 e. The summed E-state index contributed by atoms with van der Waals surface area (Å²) in [5.74, 6) is -1.19. The number of hydrogen-bond donors (Lipinski definition) is 1. The van der Waals surface area contributed by atoms with Gasteiger partial charge in [-0.3, -0.25) is 13.9 Å². The molecule has 0 aliphatic carbocycles. The molecule has 0 heterocycles. The third-order valence-electron chi connectivity index (χ3n) is 6.74. The van der Waals surface area contributed by atoms with E-state index in [9.17, 15) is 22.4 Å². The van der Waals surface area contributed by atoms with Crippen LogP contribution in [0.1, 0.15) is 44.2 Å². The number of benzene rings is 3. The quantitative estimate of drug-likeness (QED) is 0.299. The predicted octanol–water partition coefficient (Wildman–Crippen LogP) is 4.93. The number of sulfonamides is 1. The van der Waals surface area contributed by atoms with Gasteiger partial charge in [0.25, 0.3) is 0 Å². The van der Waals surface area contributed by atoms with Gasteiger partial charge >= 0.3 is 0 Å². The van der Waals surface area contributed by atoms with Gasteiger partial charge in [-0.25, -0.2) is 12.8 Å². The number of carbonyl (C=O) groups is 2. The summed E-state index contributed by atoms with van der Waals surface area (Å²) in [5, 5.41) is 3.03. The third kappa shape index (κ3) is 8.91. The molecule has 0 aliphatic heterocycles. The van der Waals surface area contributed by atoms with E-state index < -0.39 is 21.9 Å². The summed E-state index contributed by atoms with van der Waals surface area (Å²) in [7, 11) is -3.79. The van der Waals surface area contributed by atoms with Crippen molar-refractivity contribution in [3.8, 4) is 0 Å². The first-order valence-electron chi connectivity index (χ1n) is 13.5. The molecule has 2 amide bonds. The van der Waals surface area contributed by atoms with E-state index in [0.717, 1.165) is 28.1 Å². The van der Waals surface area contributed by atoms with E-state index in [4.69, 9.17) is 0 Å². The van der Waals surface area contributed by atoms with Crippen LogP contribution in [0.4, 0.5) is 10.1 Å². The van der Waals surface area contributed by atoms with Gasteiger partial charge < -0.3 is 10.2 Å². The van der Waals surface area contributed by atoms with Crippen LogP contribution in [0, 0.1) is 5.82 Å². The number of carbonyl (C=O) groups excluding carboxylic acids is 2. The lowest BCUT2D eigenvalue weighted by atomic mass is 10.0. The fourth-order valence-electron chi connectivity index (χ4n) is 4.41. The van der Waals surface area contributed by atoms with Crippen LogP contribution in [-0.2, 0) is 32.6 Å². The highest BCUT2D eigenvalue weighted by Crippen LogP contribution is 2.23. The van der Waals surface area contributed by atoms with Crippen molar-refractivity contribution in [3.63, 3.8) is 0 Å². The first-order chi connectivity index (χ1) is 19.1. The van der Waals surface area contributed by atoms with Crippen LogP contribution in [0.15, 0.2) is 84.9 Å². The zero-order valence-corrected chi connectivity index (χ0v) is 24.1. The van der Waals surface area contributed by atoms with Crippen molar-refractivity contribution in [2.45, 2.75) is 58.2 Å². The lowest BCUT2D eigenvalue weighted by Gasteiger charge is -2.32. The monoisotopic (exact) mass is 567 g/mol. The average Bonchev–Trinajstić information content (AvgIpc) is 2.93. The molecule has 1 N–H and O–H groups in total. The summed E-state index contributed by atoms with van der Waals surface area (Å²) < 4.78 is 40.4.